The van der Waals surface area contributed by atoms with Crippen molar-refractivity contribution < 1.29 is 19.0 Å². The number of ether oxygens (including phenoxy) is 3. The van der Waals surface area contributed by atoms with Crippen molar-refractivity contribution >= 4 is 23.4 Å². The number of methoxy groups -OCH3 is 2. The Morgan fingerprint density at radius 3 is 2.42 bits per heavy atom. The maximum Gasteiger partial charge on any atom is 0.264 e. The van der Waals surface area contributed by atoms with Crippen molar-refractivity contribution in [3.63, 3.8) is 0 Å². The van der Waals surface area contributed by atoms with Gasteiger partial charge >= 0.3 is 0 Å². The molecule has 198 valence electrons. The number of rotatable bonds is 13. The Morgan fingerprint density at radius 1 is 0.974 bits per heavy atom. The van der Waals surface area contributed by atoms with Gasteiger partial charge in [0.25, 0.3) is 5.91 Å². The van der Waals surface area contributed by atoms with E-state index in [1.165, 1.54) is 11.8 Å². The minimum Gasteiger partial charge on any atom is -0.493 e. The molecule has 1 amide bonds. The highest BCUT2D eigenvalue weighted by molar-refractivity contribution is 8.02. The number of aryl methyl sites for hydroxylation is 1. The molecule has 0 aromatic heterocycles. The zero-order valence-electron chi connectivity index (χ0n) is 22.2. The Morgan fingerprint density at radius 2 is 1.71 bits per heavy atom. The Balaban J connectivity index is 1.81. The number of amides is 1. The van der Waals surface area contributed by atoms with E-state index in [0.29, 0.717) is 53.3 Å². The number of thioether (sulfide) groups is 1. The van der Waals surface area contributed by atoms with Crippen molar-refractivity contribution in [2.75, 3.05) is 32.7 Å². The van der Waals surface area contributed by atoms with Crippen LogP contribution in [0.2, 0.25) is 0 Å². The van der Waals surface area contributed by atoms with Crippen LogP contribution in [-0.2, 0) is 17.0 Å². The zero-order chi connectivity index (χ0) is 27.3. The van der Waals surface area contributed by atoms with E-state index >= 15 is 0 Å². The van der Waals surface area contributed by atoms with Crippen molar-refractivity contribution in [1.82, 2.24) is 5.32 Å². The first-order chi connectivity index (χ1) is 18.5. The van der Waals surface area contributed by atoms with Crippen molar-refractivity contribution in [1.29, 1.82) is 5.26 Å². The fourth-order valence-electron chi connectivity index (χ4n) is 3.72. The summed E-state index contributed by atoms with van der Waals surface area (Å²) in [6.07, 6.45) is 0.567. The van der Waals surface area contributed by atoms with Gasteiger partial charge in [-0.1, -0.05) is 42.5 Å². The highest BCUT2D eigenvalue weighted by atomic mass is 32.2. The molecule has 2 N–H and O–H groups in total. The number of benzene rings is 3. The molecule has 38 heavy (non-hydrogen) atoms. The first-order valence-electron chi connectivity index (χ1n) is 12.3. The summed E-state index contributed by atoms with van der Waals surface area (Å²) < 4.78 is 16.4. The maximum absolute atomic E-state index is 13.2. The van der Waals surface area contributed by atoms with E-state index in [-0.39, 0.29) is 5.57 Å². The molecule has 3 rings (SSSR count). The van der Waals surface area contributed by atoms with Gasteiger partial charge in [0.15, 0.2) is 11.5 Å². The van der Waals surface area contributed by atoms with E-state index in [1.807, 2.05) is 80.6 Å². The van der Waals surface area contributed by atoms with Gasteiger partial charge in [-0.15, -0.1) is 11.8 Å². The van der Waals surface area contributed by atoms with E-state index in [0.717, 1.165) is 16.7 Å². The van der Waals surface area contributed by atoms with Crippen LogP contribution in [0.1, 0.15) is 23.6 Å². The smallest absolute Gasteiger partial charge is 0.264 e. The number of anilines is 1. The minimum atomic E-state index is -0.443. The van der Waals surface area contributed by atoms with Crippen LogP contribution in [0.3, 0.4) is 0 Å². The number of hydrogen-bond donors (Lipinski definition) is 2. The van der Waals surface area contributed by atoms with Crippen LogP contribution < -0.4 is 24.8 Å². The standard InChI is InChI=1S/C30H33N3O4S/c1-5-37-26-13-9-8-12-25(26)33-30(38-20-23-11-7-6-10-21(23)2)24(19-31)29(34)32-17-16-22-14-15-27(35-3)28(18-22)36-4/h6-15,18,33H,5,16-17,20H2,1-4H3,(H,32,34). The second-order valence-electron chi connectivity index (χ2n) is 8.28. The fourth-order valence-corrected chi connectivity index (χ4v) is 4.80. The summed E-state index contributed by atoms with van der Waals surface area (Å²) in [5.41, 5.74) is 3.95. The maximum atomic E-state index is 13.2. The average molecular weight is 532 g/mol. The Hall–Kier alpha value is -4.09. The second kappa shape index (κ2) is 14.6. The summed E-state index contributed by atoms with van der Waals surface area (Å²) in [5.74, 6) is 2.07. The third-order valence-electron chi connectivity index (χ3n) is 5.78. The Bertz CT molecular complexity index is 1320. The van der Waals surface area contributed by atoms with E-state index in [2.05, 4.69) is 16.7 Å². The van der Waals surface area contributed by atoms with E-state index in [1.54, 1.807) is 14.2 Å². The lowest BCUT2D eigenvalue weighted by atomic mass is 10.1. The van der Waals surface area contributed by atoms with Crippen molar-refractivity contribution in [2.45, 2.75) is 26.0 Å². The van der Waals surface area contributed by atoms with Gasteiger partial charge in [0.1, 0.15) is 17.4 Å². The summed E-state index contributed by atoms with van der Waals surface area (Å²) in [4.78, 5) is 13.2. The molecular formula is C30H33N3O4S. The zero-order valence-corrected chi connectivity index (χ0v) is 23.0. The molecule has 3 aromatic rings. The number of carbonyl (C=O) groups is 1. The van der Waals surface area contributed by atoms with E-state index in [4.69, 9.17) is 14.2 Å². The molecule has 0 spiro atoms. The first-order valence-corrected chi connectivity index (χ1v) is 13.3. The summed E-state index contributed by atoms with van der Waals surface area (Å²) in [6.45, 7) is 4.80. The van der Waals surface area contributed by atoms with Gasteiger partial charge in [-0.05, 0) is 61.2 Å². The molecular weight excluding hydrogens is 498 g/mol. The molecule has 0 aliphatic carbocycles. The third kappa shape index (κ3) is 7.70. The van der Waals surface area contributed by atoms with Crippen LogP contribution in [0.15, 0.2) is 77.3 Å². The van der Waals surface area contributed by atoms with Gasteiger partial charge in [-0.25, -0.2) is 0 Å². The molecule has 0 heterocycles. The van der Waals surface area contributed by atoms with Crippen molar-refractivity contribution in [2.24, 2.45) is 0 Å². The topological polar surface area (TPSA) is 92.6 Å². The third-order valence-corrected chi connectivity index (χ3v) is 6.83. The number of carbonyl (C=O) groups excluding carboxylic acids is 1. The SMILES string of the molecule is CCOc1ccccc1NC(SCc1ccccc1C)=C(C#N)C(=O)NCCc1ccc(OC)c(OC)c1. The highest BCUT2D eigenvalue weighted by Gasteiger charge is 2.18. The summed E-state index contributed by atoms with van der Waals surface area (Å²) in [7, 11) is 3.17. The van der Waals surface area contributed by atoms with Crippen LogP contribution in [0.4, 0.5) is 5.69 Å². The van der Waals surface area contributed by atoms with Crippen LogP contribution >= 0.6 is 11.8 Å². The molecule has 0 atom stereocenters. The van der Waals surface area contributed by atoms with Crippen LogP contribution in [0, 0.1) is 18.3 Å². The number of nitriles is 1. The summed E-state index contributed by atoms with van der Waals surface area (Å²) in [6, 6.07) is 23.3. The number of hydrogen-bond acceptors (Lipinski definition) is 7. The van der Waals surface area contributed by atoms with Gasteiger partial charge in [-0.3, -0.25) is 4.79 Å². The first kappa shape index (κ1) is 28.5. The molecule has 0 aliphatic rings. The lowest BCUT2D eigenvalue weighted by molar-refractivity contribution is -0.117. The molecule has 0 radical (unpaired) electrons. The molecule has 0 fully saturated rings. The van der Waals surface area contributed by atoms with E-state index in [9.17, 15) is 10.1 Å². The van der Waals surface area contributed by atoms with Gasteiger partial charge in [0, 0.05) is 12.3 Å². The largest absolute Gasteiger partial charge is 0.493 e. The van der Waals surface area contributed by atoms with Crippen molar-refractivity contribution in [3.8, 4) is 23.3 Å². The Labute approximate surface area is 228 Å². The van der Waals surface area contributed by atoms with Crippen molar-refractivity contribution in [3.05, 3.63) is 94.0 Å². The highest BCUT2D eigenvalue weighted by Crippen LogP contribution is 2.32. The predicted octanol–water partition coefficient (Wildman–Crippen LogP) is 5.85. The van der Waals surface area contributed by atoms with E-state index < -0.39 is 5.91 Å². The molecule has 8 heteroatoms. The minimum absolute atomic E-state index is 0.0159. The summed E-state index contributed by atoms with van der Waals surface area (Å²) >= 11 is 1.41. The molecule has 0 bridgehead atoms. The summed E-state index contributed by atoms with van der Waals surface area (Å²) in [5, 5.41) is 16.7. The number of nitrogens with one attached hydrogen (secondary N) is 2. The molecule has 7 nitrogen and oxygen atoms in total. The Kier molecular flexibility index (Phi) is 10.9. The van der Waals surface area contributed by atoms with Gasteiger partial charge in [0.05, 0.1) is 31.5 Å². The normalized spacial score (nSPS) is 11.1. The van der Waals surface area contributed by atoms with Gasteiger partial charge in [-0.2, -0.15) is 5.26 Å². The van der Waals surface area contributed by atoms with Gasteiger partial charge < -0.3 is 24.8 Å². The van der Waals surface area contributed by atoms with Gasteiger partial charge in [0.2, 0.25) is 0 Å². The monoisotopic (exact) mass is 531 g/mol. The number of para-hydroxylation sites is 2. The number of nitrogens with zero attached hydrogens (tertiary/aromatic N) is 1. The lowest BCUT2D eigenvalue weighted by Gasteiger charge is -2.17. The lowest BCUT2D eigenvalue weighted by Crippen LogP contribution is -2.28. The molecule has 0 unspecified atom stereocenters. The molecule has 0 aliphatic heterocycles. The van der Waals surface area contributed by atoms with Crippen LogP contribution in [0.5, 0.6) is 17.2 Å². The molecule has 0 saturated carbocycles. The second-order valence-corrected chi connectivity index (χ2v) is 9.27. The van der Waals surface area contributed by atoms with Crippen LogP contribution in [-0.4, -0.2) is 33.3 Å². The molecule has 3 aromatic carbocycles. The van der Waals surface area contributed by atoms with Crippen LogP contribution in [0.25, 0.3) is 0 Å². The predicted molar refractivity (Wildman–Crippen MR) is 153 cm³/mol. The fraction of sp³-hybridized carbons (Fsp3) is 0.267. The molecule has 0 saturated heterocycles. The quantitative estimate of drug-likeness (QED) is 0.211. The average Bonchev–Trinajstić information content (AvgIpc) is 2.93.